The first kappa shape index (κ1) is 40.3. The SMILES string of the molecule is CCOC(=O)[C@H](Cc1c[nH]c2ccccc12)NP(=O)(OC[C@H]1O[C@@H](n2ccc(N)nc2=O)[C@](C)(O)[C@@H]1O)Oc1ccc(Cl)cc1.O=C(O)C(F)(F)F. The summed E-state index contributed by atoms with van der Waals surface area (Å²) in [6, 6.07) is 13.6. The lowest BCUT2D eigenvalue weighted by atomic mass is 9.96. The molecule has 0 amide bonds. The zero-order valence-electron chi connectivity index (χ0n) is 27.3. The molecule has 0 bridgehead atoms. The van der Waals surface area contributed by atoms with Crippen molar-refractivity contribution in [1.29, 1.82) is 0 Å². The Bertz CT molecular complexity index is 1980. The first-order valence-electron chi connectivity index (χ1n) is 15.2. The fourth-order valence-electron chi connectivity index (χ4n) is 5.01. The average molecular weight is 776 g/mol. The number of esters is 1. The summed E-state index contributed by atoms with van der Waals surface area (Å²) in [6.07, 6.45) is -6.32. The number of aromatic amines is 1. The number of carbonyl (C=O) groups excluding carboxylic acids is 1. The molecule has 0 saturated carbocycles. The third-order valence-electron chi connectivity index (χ3n) is 7.53. The number of hydrogen-bond acceptors (Lipinski definition) is 12. The highest BCUT2D eigenvalue weighted by atomic mass is 35.5. The molecule has 3 heterocycles. The topological polar surface area (TPSA) is 238 Å². The van der Waals surface area contributed by atoms with Crippen molar-refractivity contribution >= 4 is 48.0 Å². The highest BCUT2D eigenvalue weighted by Gasteiger charge is 2.54. The number of nitrogens with two attached hydrogens (primary N) is 1. The zero-order chi connectivity index (χ0) is 38.4. The Morgan fingerprint density at radius 3 is 2.48 bits per heavy atom. The Balaban J connectivity index is 0.000000785. The van der Waals surface area contributed by atoms with Gasteiger partial charge in [-0.2, -0.15) is 23.2 Å². The normalized spacial score (nSPS) is 21.8. The number of aliphatic carboxylic acids is 1. The van der Waals surface area contributed by atoms with Gasteiger partial charge in [0.2, 0.25) is 0 Å². The van der Waals surface area contributed by atoms with Gasteiger partial charge in [0, 0.05) is 34.7 Å². The van der Waals surface area contributed by atoms with Crippen LogP contribution in [0.4, 0.5) is 19.0 Å². The van der Waals surface area contributed by atoms with E-state index in [1.54, 1.807) is 13.1 Å². The molecule has 52 heavy (non-hydrogen) atoms. The highest BCUT2D eigenvalue weighted by Crippen LogP contribution is 2.47. The summed E-state index contributed by atoms with van der Waals surface area (Å²) in [7, 11) is -4.47. The molecule has 1 saturated heterocycles. The Kier molecular flexibility index (Phi) is 12.7. The van der Waals surface area contributed by atoms with E-state index in [0.717, 1.165) is 21.0 Å². The summed E-state index contributed by atoms with van der Waals surface area (Å²) in [6.45, 7) is 2.38. The number of carboxylic acids is 1. The number of rotatable bonds is 12. The molecule has 6 atom stereocenters. The number of nitrogens with zero attached hydrogens (tertiary/aromatic N) is 2. The number of hydrogen-bond donors (Lipinski definition) is 6. The molecule has 0 radical (unpaired) electrons. The Hall–Kier alpha value is -4.49. The number of aromatic nitrogens is 3. The third-order valence-corrected chi connectivity index (χ3v) is 9.35. The number of halogens is 4. The van der Waals surface area contributed by atoms with Crippen molar-refractivity contribution in [1.82, 2.24) is 19.6 Å². The van der Waals surface area contributed by atoms with Crippen LogP contribution in [-0.2, 0) is 34.6 Å². The van der Waals surface area contributed by atoms with Crippen LogP contribution in [0.5, 0.6) is 5.75 Å². The molecule has 1 aliphatic rings. The predicted octanol–water partition coefficient (Wildman–Crippen LogP) is 3.57. The molecule has 2 aromatic heterocycles. The summed E-state index contributed by atoms with van der Waals surface area (Å²) < 4.78 is 69.7. The lowest BCUT2D eigenvalue weighted by Gasteiger charge is -2.27. The van der Waals surface area contributed by atoms with Gasteiger partial charge in [-0.15, -0.1) is 0 Å². The predicted molar refractivity (Wildman–Crippen MR) is 178 cm³/mol. The van der Waals surface area contributed by atoms with Gasteiger partial charge in [0.1, 0.15) is 35.4 Å². The molecule has 5 rings (SSSR count). The number of aliphatic hydroxyl groups is 2. The monoisotopic (exact) mass is 775 g/mol. The van der Waals surface area contributed by atoms with E-state index < -0.39 is 68.2 Å². The van der Waals surface area contributed by atoms with E-state index in [4.69, 9.17) is 45.8 Å². The van der Waals surface area contributed by atoms with Crippen LogP contribution in [0.2, 0.25) is 5.02 Å². The van der Waals surface area contributed by atoms with Crippen LogP contribution in [0.3, 0.4) is 0 Å². The van der Waals surface area contributed by atoms with Crippen molar-refractivity contribution in [3.8, 4) is 5.75 Å². The van der Waals surface area contributed by atoms with Crippen molar-refractivity contribution < 1.29 is 61.2 Å². The molecule has 21 heteroatoms. The van der Waals surface area contributed by atoms with Gasteiger partial charge < -0.3 is 40.0 Å². The largest absolute Gasteiger partial charge is 0.490 e. The average Bonchev–Trinajstić information content (AvgIpc) is 3.58. The van der Waals surface area contributed by atoms with E-state index in [0.29, 0.717) is 5.02 Å². The molecular weight excluding hydrogens is 742 g/mol. The number of benzene rings is 2. The second-order valence-electron chi connectivity index (χ2n) is 11.4. The minimum absolute atomic E-state index is 0.0375. The number of anilines is 1. The lowest BCUT2D eigenvalue weighted by Crippen LogP contribution is -2.46. The maximum atomic E-state index is 14.4. The van der Waals surface area contributed by atoms with Crippen molar-refractivity contribution in [3.05, 3.63) is 88.1 Å². The summed E-state index contributed by atoms with van der Waals surface area (Å²) in [5.41, 5.74) is 4.35. The maximum Gasteiger partial charge on any atom is 0.490 e. The van der Waals surface area contributed by atoms with Crippen LogP contribution in [0.1, 0.15) is 25.6 Å². The standard InChI is InChI=1S/C29H33ClN5O9P.C2HF3O2/c1-3-41-26(37)22(14-17-15-32-21-7-5-4-6-20(17)21)34-45(40,44-19-10-8-18(30)9-11-19)42-16-23-25(36)29(2,39)27(43-23)35-13-12-24(31)33-28(35)38;3-2(4,5)1(6)7/h4-13,15,22-23,25,27,32,36,39H,3,14,16H2,1-2H3,(H,34,40)(H2,31,33,38);(H,6,7)/t22-,23+,25+,27+,29+,45?;/m0./s1. The summed E-state index contributed by atoms with van der Waals surface area (Å²) in [5, 5.41) is 33.1. The molecule has 0 spiro atoms. The number of carboxylic acid groups (broad SMARTS) is 1. The minimum Gasteiger partial charge on any atom is -0.475 e. The van der Waals surface area contributed by atoms with Gasteiger partial charge in [0.05, 0.1) is 13.2 Å². The molecule has 16 nitrogen and oxygen atoms in total. The van der Waals surface area contributed by atoms with Gasteiger partial charge in [-0.1, -0.05) is 29.8 Å². The van der Waals surface area contributed by atoms with E-state index >= 15 is 0 Å². The molecule has 1 fully saturated rings. The third kappa shape index (κ3) is 9.88. The Morgan fingerprint density at radius 2 is 1.87 bits per heavy atom. The van der Waals surface area contributed by atoms with Crippen molar-refractivity contribution in [2.75, 3.05) is 18.9 Å². The number of nitrogen functional groups attached to an aromatic ring is 1. The van der Waals surface area contributed by atoms with Crippen LogP contribution in [0.25, 0.3) is 10.9 Å². The number of alkyl halides is 3. The van der Waals surface area contributed by atoms with Gasteiger partial charge in [-0.05, 0) is 55.8 Å². The first-order valence-corrected chi connectivity index (χ1v) is 17.2. The Labute approximate surface area is 297 Å². The van der Waals surface area contributed by atoms with Crippen molar-refractivity contribution in [2.24, 2.45) is 0 Å². The molecule has 0 aliphatic carbocycles. The minimum atomic E-state index is -5.08. The quantitative estimate of drug-likeness (QED) is 0.0892. The van der Waals surface area contributed by atoms with Crippen molar-refractivity contribution in [3.63, 3.8) is 0 Å². The molecule has 1 unspecified atom stereocenters. The van der Waals surface area contributed by atoms with Crippen LogP contribution < -0.4 is 21.0 Å². The van der Waals surface area contributed by atoms with Crippen LogP contribution in [-0.4, -0.2) is 85.0 Å². The van der Waals surface area contributed by atoms with Gasteiger partial charge >= 0.3 is 31.6 Å². The number of H-pyrrole nitrogens is 1. The van der Waals surface area contributed by atoms with Gasteiger partial charge in [-0.3, -0.25) is 13.9 Å². The van der Waals surface area contributed by atoms with E-state index in [1.807, 2.05) is 24.3 Å². The number of carbonyl (C=O) groups is 2. The van der Waals surface area contributed by atoms with Gasteiger partial charge in [-0.25, -0.2) is 14.2 Å². The molecule has 2 aromatic carbocycles. The van der Waals surface area contributed by atoms with E-state index in [-0.39, 0.29) is 24.6 Å². The van der Waals surface area contributed by atoms with Crippen LogP contribution in [0.15, 0.2) is 71.8 Å². The number of nitrogens with one attached hydrogen (secondary N) is 2. The maximum absolute atomic E-state index is 14.4. The first-order chi connectivity index (χ1) is 24.3. The van der Waals surface area contributed by atoms with Gasteiger partial charge in [0.15, 0.2) is 6.23 Å². The van der Waals surface area contributed by atoms with Crippen LogP contribution >= 0.6 is 19.3 Å². The van der Waals surface area contributed by atoms with Gasteiger partial charge in [0.25, 0.3) is 0 Å². The second-order valence-corrected chi connectivity index (χ2v) is 13.5. The smallest absolute Gasteiger partial charge is 0.475 e. The molecular formula is C31H34ClF3N5O11P. The number of ether oxygens (including phenoxy) is 2. The Morgan fingerprint density at radius 1 is 1.21 bits per heavy atom. The number of para-hydroxylation sites is 1. The zero-order valence-corrected chi connectivity index (χ0v) is 29.0. The molecule has 1 aliphatic heterocycles. The summed E-state index contributed by atoms with van der Waals surface area (Å²) in [4.78, 5) is 41.3. The summed E-state index contributed by atoms with van der Waals surface area (Å²) >= 11 is 6.01. The second kappa shape index (κ2) is 16.5. The molecule has 7 N–H and O–H groups in total. The highest BCUT2D eigenvalue weighted by molar-refractivity contribution is 7.52. The number of aliphatic hydroxyl groups excluding tert-OH is 1. The fraction of sp³-hybridized carbons (Fsp3) is 0.355. The van der Waals surface area contributed by atoms with E-state index in [1.165, 1.54) is 43.5 Å². The molecule has 282 valence electrons. The number of fused-ring (bicyclic) bond motifs is 1. The van der Waals surface area contributed by atoms with E-state index in [2.05, 4.69) is 15.1 Å². The fourth-order valence-corrected chi connectivity index (χ4v) is 6.64. The van der Waals surface area contributed by atoms with E-state index in [9.17, 15) is 37.5 Å². The van der Waals surface area contributed by atoms with Crippen molar-refractivity contribution in [2.45, 2.75) is 56.5 Å². The lowest BCUT2D eigenvalue weighted by molar-refractivity contribution is -0.192. The van der Waals surface area contributed by atoms with Crippen LogP contribution in [0, 0.1) is 0 Å². The summed E-state index contributed by atoms with van der Waals surface area (Å²) in [5.74, 6) is -3.40. The molecule has 4 aromatic rings.